The van der Waals surface area contributed by atoms with E-state index in [1.165, 1.54) is 0 Å². The highest BCUT2D eigenvalue weighted by Crippen LogP contribution is 2.32. The van der Waals surface area contributed by atoms with Crippen LogP contribution in [-0.4, -0.2) is 22.6 Å². The number of hydrogen-bond donors (Lipinski definition) is 1. The zero-order chi connectivity index (χ0) is 15.5. The lowest BCUT2D eigenvalue weighted by molar-refractivity contribution is 0.167. The summed E-state index contributed by atoms with van der Waals surface area (Å²) in [7, 11) is 0. The van der Waals surface area contributed by atoms with Crippen LogP contribution >= 0.6 is 0 Å². The number of ether oxygens (including phenoxy) is 1. The van der Waals surface area contributed by atoms with E-state index in [1.807, 2.05) is 61.1 Å². The molecular weight excluding hydrogens is 286 g/mol. The van der Waals surface area contributed by atoms with Gasteiger partial charge < -0.3 is 10.1 Å². The highest BCUT2D eigenvalue weighted by atomic mass is 16.5. The maximum absolute atomic E-state index is 5.83. The molecule has 0 atom stereocenters. The fourth-order valence-electron chi connectivity index (χ4n) is 3.05. The van der Waals surface area contributed by atoms with Crippen LogP contribution < -0.4 is 10.1 Å². The van der Waals surface area contributed by atoms with E-state index in [2.05, 4.69) is 15.3 Å². The van der Waals surface area contributed by atoms with E-state index < -0.39 is 0 Å². The monoisotopic (exact) mass is 305 g/mol. The van der Waals surface area contributed by atoms with Crippen molar-refractivity contribution in [1.29, 1.82) is 0 Å². The Morgan fingerprint density at radius 1 is 1.04 bits per heavy atom. The molecule has 3 aromatic rings. The number of nitrogens with one attached hydrogen (secondary N) is 1. The van der Waals surface area contributed by atoms with Gasteiger partial charge in [-0.05, 0) is 43.0 Å². The Balaban J connectivity index is 1.32. The van der Waals surface area contributed by atoms with Crippen LogP contribution in [0.2, 0.25) is 0 Å². The fourth-order valence-corrected chi connectivity index (χ4v) is 3.05. The Kier molecular flexibility index (Phi) is 3.80. The third-order valence-corrected chi connectivity index (χ3v) is 4.37. The summed E-state index contributed by atoms with van der Waals surface area (Å²) in [4.78, 5) is 8.64. The summed E-state index contributed by atoms with van der Waals surface area (Å²) in [6.45, 7) is 0.787. The quantitative estimate of drug-likeness (QED) is 0.776. The first kappa shape index (κ1) is 14.0. The number of rotatable bonds is 5. The van der Waals surface area contributed by atoms with Gasteiger partial charge in [0.25, 0.3) is 0 Å². The maximum Gasteiger partial charge on any atom is 0.134 e. The van der Waals surface area contributed by atoms with Gasteiger partial charge in [0.1, 0.15) is 11.6 Å². The molecule has 0 bridgehead atoms. The van der Waals surface area contributed by atoms with Crippen molar-refractivity contribution in [1.82, 2.24) is 9.97 Å². The molecule has 0 aliphatic heterocycles. The number of pyridine rings is 2. The number of aromatic nitrogens is 2. The molecule has 0 unspecified atom stereocenters. The summed E-state index contributed by atoms with van der Waals surface area (Å²) >= 11 is 0. The number of hydrogen-bond acceptors (Lipinski definition) is 4. The van der Waals surface area contributed by atoms with Crippen molar-refractivity contribution in [3.8, 4) is 5.75 Å². The summed E-state index contributed by atoms with van der Waals surface area (Å²) < 4.78 is 5.83. The summed E-state index contributed by atoms with van der Waals surface area (Å²) in [5.74, 6) is 2.52. The first-order chi connectivity index (χ1) is 11.4. The number of benzene rings is 1. The van der Waals surface area contributed by atoms with Gasteiger partial charge in [-0.3, -0.25) is 4.98 Å². The van der Waals surface area contributed by atoms with Gasteiger partial charge in [-0.15, -0.1) is 0 Å². The molecule has 4 heteroatoms. The van der Waals surface area contributed by atoms with Crippen LogP contribution in [-0.2, 0) is 0 Å². The molecule has 0 amide bonds. The van der Waals surface area contributed by atoms with Crippen LogP contribution in [0, 0.1) is 5.92 Å². The van der Waals surface area contributed by atoms with Crippen molar-refractivity contribution < 1.29 is 4.74 Å². The lowest BCUT2D eigenvalue weighted by Crippen LogP contribution is -2.38. The van der Waals surface area contributed by atoms with Crippen molar-refractivity contribution in [2.75, 3.05) is 11.9 Å². The normalized spacial score (nSPS) is 20.0. The average molecular weight is 305 g/mol. The van der Waals surface area contributed by atoms with Gasteiger partial charge in [-0.2, -0.15) is 0 Å². The molecule has 0 saturated heterocycles. The van der Waals surface area contributed by atoms with Crippen LogP contribution in [0.3, 0.4) is 0 Å². The van der Waals surface area contributed by atoms with E-state index in [0.29, 0.717) is 12.0 Å². The molecule has 1 N–H and O–H groups in total. The Bertz CT molecular complexity index is 779. The summed E-state index contributed by atoms with van der Waals surface area (Å²) in [6.07, 6.45) is 7.76. The molecule has 1 aromatic carbocycles. The van der Waals surface area contributed by atoms with Gasteiger partial charge in [0.15, 0.2) is 0 Å². The lowest BCUT2D eigenvalue weighted by Gasteiger charge is -2.36. The largest absolute Gasteiger partial charge is 0.493 e. The van der Waals surface area contributed by atoms with E-state index in [4.69, 9.17) is 4.74 Å². The van der Waals surface area contributed by atoms with Gasteiger partial charge in [-0.25, -0.2) is 4.98 Å². The van der Waals surface area contributed by atoms with Crippen molar-refractivity contribution >= 4 is 16.6 Å². The molecule has 1 aliphatic rings. The molecule has 4 rings (SSSR count). The minimum atomic E-state index is 0.477. The zero-order valence-corrected chi connectivity index (χ0v) is 12.9. The lowest BCUT2D eigenvalue weighted by atomic mass is 9.81. The van der Waals surface area contributed by atoms with Crippen molar-refractivity contribution in [2.24, 2.45) is 5.92 Å². The summed E-state index contributed by atoms with van der Waals surface area (Å²) in [6, 6.07) is 14.5. The Morgan fingerprint density at radius 3 is 2.78 bits per heavy atom. The van der Waals surface area contributed by atoms with Gasteiger partial charge in [0, 0.05) is 35.4 Å². The number of para-hydroxylation sites is 1. The van der Waals surface area contributed by atoms with E-state index >= 15 is 0 Å². The van der Waals surface area contributed by atoms with Crippen LogP contribution in [0.5, 0.6) is 5.75 Å². The van der Waals surface area contributed by atoms with Crippen LogP contribution in [0.4, 0.5) is 5.82 Å². The molecule has 116 valence electrons. The highest BCUT2D eigenvalue weighted by molar-refractivity contribution is 5.90. The minimum absolute atomic E-state index is 0.477. The molecule has 2 heterocycles. The van der Waals surface area contributed by atoms with E-state index in [0.717, 1.165) is 41.8 Å². The summed E-state index contributed by atoms with van der Waals surface area (Å²) in [5.41, 5.74) is 0. The maximum atomic E-state index is 5.83. The topological polar surface area (TPSA) is 47.0 Å². The zero-order valence-electron chi connectivity index (χ0n) is 12.9. The molecule has 1 aliphatic carbocycles. The highest BCUT2D eigenvalue weighted by Gasteiger charge is 2.30. The summed E-state index contributed by atoms with van der Waals surface area (Å²) in [5, 5.41) is 5.80. The van der Waals surface area contributed by atoms with Gasteiger partial charge in [0.05, 0.1) is 6.61 Å². The number of nitrogens with zero attached hydrogens (tertiary/aromatic N) is 2. The number of anilines is 1. The van der Waals surface area contributed by atoms with E-state index in [9.17, 15) is 0 Å². The Hall–Kier alpha value is -2.62. The first-order valence-electron chi connectivity index (χ1n) is 8.01. The van der Waals surface area contributed by atoms with E-state index in [-0.39, 0.29) is 0 Å². The smallest absolute Gasteiger partial charge is 0.134 e. The second-order valence-corrected chi connectivity index (χ2v) is 6.06. The molecule has 1 fully saturated rings. The Morgan fingerprint density at radius 2 is 1.91 bits per heavy atom. The van der Waals surface area contributed by atoms with Crippen LogP contribution in [0.15, 0.2) is 61.1 Å². The molecule has 0 radical (unpaired) electrons. The molecular formula is C19H19N3O. The predicted octanol–water partition coefficient (Wildman–Crippen LogP) is 3.90. The second-order valence-electron chi connectivity index (χ2n) is 6.06. The van der Waals surface area contributed by atoms with Gasteiger partial charge >= 0.3 is 0 Å². The minimum Gasteiger partial charge on any atom is -0.493 e. The average Bonchev–Trinajstić information content (AvgIpc) is 2.58. The van der Waals surface area contributed by atoms with Crippen LogP contribution in [0.1, 0.15) is 12.8 Å². The van der Waals surface area contributed by atoms with Crippen molar-refractivity contribution in [3.63, 3.8) is 0 Å². The van der Waals surface area contributed by atoms with Gasteiger partial charge in [-0.1, -0.05) is 18.2 Å². The van der Waals surface area contributed by atoms with Crippen molar-refractivity contribution in [3.05, 3.63) is 61.1 Å². The Labute approximate surface area is 135 Å². The molecule has 2 aromatic heterocycles. The molecule has 23 heavy (non-hydrogen) atoms. The third kappa shape index (κ3) is 3.11. The van der Waals surface area contributed by atoms with Gasteiger partial charge in [0.2, 0.25) is 0 Å². The molecule has 4 nitrogen and oxygen atoms in total. The second kappa shape index (κ2) is 6.24. The standard InChI is InChI=1S/C19H19N3O/c1-2-4-17(5-3-1)23-13-14-10-16(11-14)22-19-18-7-8-20-12-15(18)6-9-21-19/h1-9,12,14,16H,10-11,13H2,(H,21,22). The van der Waals surface area contributed by atoms with Crippen molar-refractivity contribution in [2.45, 2.75) is 18.9 Å². The molecule has 0 spiro atoms. The third-order valence-electron chi connectivity index (χ3n) is 4.37. The van der Waals surface area contributed by atoms with E-state index in [1.54, 1.807) is 0 Å². The van der Waals surface area contributed by atoms with Crippen LogP contribution in [0.25, 0.3) is 10.8 Å². The predicted molar refractivity (Wildman–Crippen MR) is 91.6 cm³/mol. The first-order valence-corrected chi connectivity index (χ1v) is 8.01. The number of fused-ring (bicyclic) bond motifs is 1. The SMILES string of the molecule is c1ccc(OCC2CC(Nc3nccc4cnccc34)C2)cc1. The molecule has 1 saturated carbocycles. The fraction of sp³-hybridized carbons (Fsp3) is 0.263.